The number of pyridine rings is 1. The third-order valence-electron chi connectivity index (χ3n) is 3.58. The first-order valence-corrected chi connectivity index (χ1v) is 7.82. The topological polar surface area (TPSA) is 54.0 Å². The molecule has 0 spiro atoms. The zero-order valence-corrected chi connectivity index (χ0v) is 13.5. The van der Waals surface area contributed by atoms with Crippen LogP contribution in [0.2, 0.25) is 0 Å². The summed E-state index contributed by atoms with van der Waals surface area (Å²) < 4.78 is 0. The number of benzene rings is 2. The van der Waals surface area contributed by atoms with Crippen molar-refractivity contribution >= 4 is 23.1 Å². The maximum Gasteiger partial charge on any atom is 0.229 e. The van der Waals surface area contributed by atoms with Gasteiger partial charge in [-0.3, -0.25) is 4.79 Å². The first-order chi connectivity index (χ1) is 11.7. The van der Waals surface area contributed by atoms with Crippen LogP contribution in [0.15, 0.2) is 72.9 Å². The van der Waals surface area contributed by atoms with E-state index in [0.717, 1.165) is 16.9 Å². The Morgan fingerprint density at radius 3 is 2.33 bits per heavy atom. The third-order valence-corrected chi connectivity index (χ3v) is 3.58. The van der Waals surface area contributed by atoms with E-state index in [9.17, 15) is 4.79 Å². The lowest BCUT2D eigenvalue weighted by molar-refractivity contribution is -0.115. The summed E-state index contributed by atoms with van der Waals surface area (Å²) in [7, 11) is 0. The number of carbonyl (C=O) groups excluding carboxylic acids is 1. The summed E-state index contributed by atoms with van der Waals surface area (Å²) in [5, 5.41) is 6.07. The van der Waals surface area contributed by atoms with Crippen molar-refractivity contribution in [2.75, 3.05) is 10.6 Å². The molecule has 120 valence electrons. The zero-order chi connectivity index (χ0) is 16.8. The van der Waals surface area contributed by atoms with Gasteiger partial charge >= 0.3 is 0 Å². The molecule has 1 aromatic heterocycles. The Labute approximate surface area is 141 Å². The monoisotopic (exact) mass is 317 g/mol. The number of anilines is 3. The van der Waals surface area contributed by atoms with E-state index in [1.165, 1.54) is 5.56 Å². The van der Waals surface area contributed by atoms with Crippen LogP contribution in [-0.2, 0) is 11.2 Å². The molecule has 1 amide bonds. The molecule has 3 rings (SSSR count). The molecular formula is C20H19N3O. The number of nitrogens with zero attached hydrogens (tertiary/aromatic N) is 1. The van der Waals surface area contributed by atoms with Gasteiger partial charge in [-0.25, -0.2) is 4.98 Å². The number of hydrogen-bond acceptors (Lipinski definition) is 3. The molecule has 0 radical (unpaired) electrons. The Balaban J connectivity index is 1.57. The zero-order valence-electron chi connectivity index (χ0n) is 13.5. The van der Waals surface area contributed by atoms with E-state index in [0.29, 0.717) is 12.2 Å². The largest absolute Gasteiger partial charge is 0.354 e. The van der Waals surface area contributed by atoms with Gasteiger partial charge in [0.05, 0.1) is 18.3 Å². The van der Waals surface area contributed by atoms with Crippen LogP contribution < -0.4 is 10.6 Å². The molecule has 0 fully saturated rings. The van der Waals surface area contributed by atoms with Crippen LogP contribution in [0.4, 0.5) is 17.2 Å². The molecule has 0 atom stereocenters. The average molecular weight is 317 g/mol. The van der Waals surface area contributed by atoms with E-state index in [2.05, 4.69) is 15.6 Å². The lowest BCUT2D eigenvalue weighted by Gasteiger charge is -2.08. The molecule has 1 heterocycles. The summed E-state index contributed by atoms with van der Waals surface area (Å²) in [6.07, 6.45) is 2.04. The molecule has 24 heavy (non-hydrogen) atoms. The summed E-state index contributed by atoms with van der Waals surface area (Å²) in [5.74, 6) is 0.473. The van der Waals surface area contributed by atoms with Gasteiger partial charge in [0.2, 0.25) is 5.91 Å². The molecule has 4 heteroatoms. The predicted molar refractivity (Wildman–Crippen MR) is 97.5 cm³/mol. The molecule has 2 aromatic carbocycles. The first kappa shape index (κ1) is 15.7. The Hall–Kier alpha value is -3.14. The molecule has 0 aliphatic carbocycles. The highest BCUT2D eigenvalue weighted by atomic mass is 16.1. The maximum absolute atomic E-state index is 12.1. The summed E-state index contributed by atoms with van der Waals surface area (Å²) in [6.45, 7) is 2.03. The standard InChI is InChI=1S/C20H19N3O/c1-15-7-9-16(10-8-15)13-20(24)23-19-12-11-18(14-21-19)22-17-5-3-2-4-6-17/h2-12,14,22H,13H2,1H3,(H,21,23,24). The molecule has 0 saturated carbocycles. The van der Waals surface area contributed by atoms with Gasteiger partial charge in [-0.05, 0) is 36.8 Å². The van der Waals surface area contributed by atoms with Gasteiger partial charge in [0, 0.05) is 5.69 Å². The van der Waals surface area contributed by atoms with Crippen molar-refractivity contribution in [2.24, 2.45) is 0 Å². The Bertz CT molecular complexity index is 797. The van der Waals surface area contributed by atoms with E-state index < -0.39 is 0 Å². The summed E-state index contributed by atoms with van der Waals surface area (Å²) in [4.78, 5) is 16.4. The number of para-hydroxylation sites is 1. The fourth-order valence-corrected chi connectivity index (χ4v) is 2.31. The fraction of sp³-hybridized carbons (Fsp3) is 0.100. The maximum atomic E-state index is 12.1. The molecule has 4 nitrogen and oxygen atoms in total. The van der Waals surface area contributed by atoms with Crippen LogP contribution in [-0.4, -0.2) is 10.9 Å². The highest BCUT2D eigenvalue weighted by Gasteiger charge is 2.05. The summed E-state index contributed by atoms with van der Waals surface area (Å²) in [5.41, 5.74) is 4.04. The van der Waals surface area contributed by atoms with Gasteiger partial charge in [-0.2, -0.15) is 0 Å². The third kappa shape index (κ3) is 4.43. The van der Waals surface area contributed by atoms with Crippen LogP contribution in [0.1, 0.15) is 11.1 Å². The van der Waals surface area contributed by atoms with Gasteiger partial charge in [-0.15, -0.1) is 0 Å². The minimum atomic E-state index is -0.0740. The number of carbonyl (C=O) groups is 1. The van der Waals surface area contributed by atoms with Crippen LogP contribution >= 0.6 is 0 Å². The summed E-state index contributed by atoms with van der Waals surface area (Å²) >= 11 is 0. The molecule has 0 saturated heterocycles. The van der Waals surface area contributed by atoms with E-state index in [1.807, 2.05) is 67.6 Å². The van der Waals surface area contributed by atoms with Gasteiger partial charge < -0.3 is 10.6 Å². The lowest BCUT2D eigenvalue weighted by Crippen LogP contribution is -2.15. The number of hydrogen-bond donors (Lipinski definition) is 2. The predicted octanol–water partition coefficient (Wildman–Crippen LogP) is 4.31. The Morgan fingerprint density at radius 2 is 1.67 bits per heavy atom. The number of aryl methyl sites for hydroxylation is 1. The lowest BCUT2D eigenvalue weighted by atomic mass is 10.1. The highest BCUT2D eigenvalue weighted by Crippen LogP contribution is 2.16. The first-order valence-electron chi connectivity index (χ1n) is 7.82. The normalized spacial score (nSPS) is 10.2. The molecule has 0 bridgehead atoms. The van der Waals surface area contributed by atoms with E-state index in [-0.39, 0.29) is 5.91 Å². The van der Waals surface area contributed by atoms with Gasteiger partial charge in [0.1, 0.15) is 5.82 Å². The smallest absolute Gasteiger partial charge is 0.229 e. The second-order valence-corrected chi connectivity index (χ2v) is 5.63. The molecule has 0 aliphatic rings. The van der Waals surface area contributed by atoms with Crippen molar-refractivity contribution in [2.45, 2.75) is 13.3 Å². The van der Waals surface area contributed by atoms with E-state index >= 15 is 0 Å². The minimum absolute atomic E-state index is 0.0740. The van der Waals surface area contributed by atoms with Crippen molar-refractivity contribution < 1.29 is 4.79 Å². The Kier molecular flexibility index (Phi) is 4.87. The van der Waals surface area contributed by atoms with Crippen LogP contribution in [0.3, 0.4) is 0 Å². The molecule has 0 unspecified atom stereocenters. The molecular weight excluding hydrogens is 298 g/mol. The second kappa shape index (κ2) is 7.42. The van der Waals surface area contributed by atoms with Crippen LogP contribution in [0.5, 0.6) is 0 Å². The van der Waals surface area contributed by atoms with Gasteiger partial charge in [0.25, 0.3) is 0 Å². The van der Waals surface area contributed by atoms with Crippen LogP contribution in [0.25, 0.3) is 0 Å². The van der Waals surface area contributed by atoms with E-state index in [1.54, 1.807) is 12.3 Å². The quantitative estimate of drug-likeness (QED) is 0.737. The summed E-state index contributed by atoms with van der Waals surface area (Å²) in [6, 6.07) is 21.5. The molecule has 2 N–H and O–H groups in total. The van der Waals surface area contributed by atoms with Gasteiger partial charge in [-0.1, -0.05) is 48.0 Å². The highest BCUT2D eigenvalue weighted by molar-refractivity contribution is 5.91. The van der Waals surface area contributed by atoms with Gasteiger partial charge in [0.15, 0.2) is 0 Å². The van der Waals surface area contributed by atoms with Crippen molar-refractivity contribution in [3.05, 3.63) is 84.1 Å². The van der Waals surface area contributed by atoms with Crippen molar-refractivity contribution in [1.82, 2.24) is 4.98 Å². The number of amides is 1. The number of nitrogens with one attached hydrogen (secondary N) is 2. The molecule has 3 aromatic rings. The SMILES string of the molecule is Cc1ccc(CC(=O)Nc2ccc(Nc3ccccc3)cn2)cc1. The number of rotatable bonds is 5. The minimum Gasteiger partial charge on any atom is -0.354 e. The fourth-order valence-electron chi connectivity index (χ4n) is 2.31. The Morgan fingerprint density at radius 1 is 0.917 bits per heavy atom. The second-order valence-electron chi connectivity index (χ2n) is 5.63. The number of aromatic nitrogens is 1. The van der Waals surface area contributed by atoms with Crippen molar-refractivity contribution in [3.63, 3.8) is 0 Å². The molecule has 0 aliphatic heterocycles. The van der Waals surface area contributed by atoms with Crippen molar-refractivity contribution in [3.8, 4) is 0 Å². The van der Waals surface area contributed by atoms with Crippen molar-refractivity contribution in [1.29, 1.82) is 0 Å². The van der Waals surface area contributed by atoms with Crippen LogP contribution in [0, 0.1) is 6.92 Å². The average Bonchev–Trinajstić information content (AvgIpc) is 2.60. The van der Waals surface area contributed by atoms with E-state index in [4.69, 9.17) is 0 Å².